The van der Waals surface area contributed by atoms with Gasteiger partial charge < -0.3 is 4.79 Å². The second-order valence-electron chi connectivity index (χ2n) is 4.81. The first-order valence-electron chi connectivity index (χ1n) is 6.17. The van der Waals surface area contributed by atoms with Crippen molar-refractivity contribution in [3.8, 4) is 0 Å². The fraction of sp³-hybridized carbons (Fsp3) is 0.462. The minimum absolute atomic E-state index is 0.198. The van der Waals surface area contributed by atoms with Gasteiger partial charge in [0.25, 0.3) is 0 Å². The number of aryl methyl sites for hydroxylation is 1. The van der Waals surface area contributed by atoms with Gasteiger partial charge in [0.15, 0.2) is 0 Å². The second-order valence-corrected chi connectivity index (χ2v) is 7.15. The van der Waals surface area contributed by atoms with Crippen LogP contribution in [0, 0.1) is 12.8 Å². The summed E-state index contributed by atoms with van der Waals surface area (Å²) in [6.45, 7) is 2.46. The molecule has 0 saturated carbocycles. The van der Waals surface area contributed by atoms with Gasteiger partial charge in [-0.3, -0.25) is 0 Å². The maximum absolute atomic E-state index is 12.5. The van der Waals surface area contributed by atoms with Gasteiger partial charge in [-0.15, -0.1) is 0 Å². The van der Waals surface area contributed by atoms with Gasteiger partial charge in [0.2, 0.25) is 10.0 Å². The number of hydrogen-bond acceptors (Lipinski definition) is 3. The zero-order chi connectivity index (χ0) is 14.0. The summed E-state index contributed by atoms with van der Waals surface area (Å²) in [4.78, 5) is 11.1. The zero-order valence-corrected chi connectivity index (χ0v) is 12.2. The van der Waals surface area contributed by atoms with Crippen LogP contribution in [-0.2, 0) is 14.8 Å². The smallest absolute Gasteiger partial charge is 0.243 e. The number of piperidine rings is 1. The third kappa shape index (κ3) is 2.99. The Morgan fingerprint density at radius 2 is 2.16 bits per heavy atom. The Hall–Kier alpha value is -0.910. The number of carbonyl (C=O) groups is 1. The van der Waals surface area contributed by atoms with Crippen molar-refractivity contribution in [1.29, 1.82) is 0 Å². The predicted octanol–water partition coefficient (Wildman–Crippen LogP) is 2.25. The van der Waals surface area contributed by atoms with Crippen LogP contribution in [0.1, 0.15) is 18.4 Å². The molecule has 1 heterocycles. The lowest BCUT2D eigenvalue weighted by atomic mass is 10.0. The molecule has 0 spiro atoms. The lowest BCUT2D eigenvalue weighted by molar-refractivity contribution is -0.112. The molecule has 4 nitrogen and oxygen atoms in total. The number of halogens is 1. The molecule has 1 saturated heterocycles. The Labute approximate surface area is 118 Å². The van der Waals surface area contributed by atoms with E-state index >= 15 is 0 Å². The first kappa shape index (κ1) is 14.5. The molecule has 1 atom stereocenters. The van der Waals surface area contributed by atoms with Crippen LogP contribution in [0.5, 0.6) is 0 Å². The van der Waals surface area contributed by atoms with Gasteiger partial charge in [0.05, 0.1) is 4.90 Å². The van der Waals surface area contributed by atoms with Crippen LogP contribution < -0.4 is 0 Å². The number of carbonyl (C=O) groups excluding carboxylic acids is 1. The standard InChI is InChI=1S/C13H16ClNO3S/c1-10-7-12(14)4-5-13(10)19(17,18)15-6-2-3-11(8-15)9-16/h4-5,7,9,11H,2-3,6,8H2,1H3. The number of rotatable bonds is 3. The molecule has 1 aromatic rings. The fourth-order valence-electron chi connectivity index (χ4n) is 2.34. The molecule has 6 heteroatoms. The van der Waals surface area contributed by atoms with Crippen molar-refractivity contribution in [3.63, 3.8) is 0 Å². The number of benzene rings is 1. The lowest BCUT2D eigenvalue weighted by Gasteiger charge is -2.29. The third-order valence-corrected chi connectivity index (χ3v) is 5.63. The molecule has 19 heavy (non-hydrogen) atoms. The Kier molecular flexibility index (Phi) is 4.28. The maximum atomic E-state index is 12.5. The highest BCUT2D eigenvalue weighted by molar-refractivity contribution is 7.89. The minimum atomic E-state index is -3.54. The second kappa shape index (κ2) is 5.61. The average molecular weight is 302 g/mol. The van der Waals surface area contributed by atoms with Crippen LogP contribution in [0.4, 0.5) is 0 Å². The van der Waals surface area contributed by atoms with Crippen molar-refractivity contribution in [3.05, 3.63) is 28.8 Å². The molecule has 104 valence electrons. The quantitative estimate of drug-likeness (QED) is 0.805. The van der Waals surface area contributed by atoms with Gasteiger partial charge in [0, 0.05) is 24.0 Å². The van der Waals surface area contributed by atoms with Gasteiger partial charge in [-0.2, -0.15) is 4.31 Å². The third-order valence-electron chi connectivity index (χ3n) is 3.37. The lowest BCUT2D eigenvalue weighted by Crippen LogP contribution is -2.40. The van der Waals surface area contributed by atoms with E-state index in [1.807, 2.05) is 0 Å². The van der Waals surface area contributed by atoms with Crippen molar-refractivity contribution in [1.82, 2.24) is 4.31 Å². The van der Waals surface area contributed by atoms with Gasteiger partial charge in [-0.05, 0) is 43.5 Å². The Bertz CT molecular complexity index is 586. The molecule has 1 aliphatic rings. The Balaban J connectivity index is 2.33. The molecule has 1 aromatic carbocycles. The van der Waals surface area contributed by atoms with E-state index in [1.165, 1.54) is 10.4 Å². The first-order chi connectivity index (χ1) is 8.95. The largest absolute Gasteiger partial charge is 0.303 e. The molecule has 2 rings (SSSR count). The van der Waals surface area contributed by atoms with Gasteiger partial charge >= 0.3 is 0 Å². The predicted molar refractivity (Wildman–Crippen MR) is 73.7 cm³/mol. The van der Waals surface area contributed by atoms with Crippen LogP contribution in [0.25, 0.3) is 0 Å². The molecule has 0 aromatic heterocycles. The monoisotopic (exact) mass is 301 g/mol. The average Bonchev–Trinajstić information content (AvgIpc) is 2.38. The van der Waals surface area contributed by atoms with Crippen molar-refractivity contribution in [2.45, 2.75) is 24.7 Å². The highest BCUT2D eigenvalue weighted by atomic mass is 35.5. The summed E-state index contributed by atoms with van der Waals surface area (Å²) < 4.78 is 26.5. The summed E-state index contributed by atoms with van der Waals surface area (Å²) in [6.07, 6.45) is 2.32. The fourth-order valence-corrected chi connectivity index (χ4v) is 4.31. The van der Waals surface area contributed by atoms with Crippen LogP contribution in [-0.4, -0.2) is 32.1 Å². The van der Waals surface area contributed by atoms with E-state index in [4.69, 9.17) is 11.6 Å². The summed E-state index contributed by atoms with van der Waals surface area (Å²) in [5.41, 5.74) is 0.626. The number of aldehydes is 1. The van der Waals surface area contributed by atoms with Crippen molar-refractivity contribution < 1.29 is 13.2 Å². The molecule has 1 unspecified atom stereocenters. The highest BCUT2D eigenvalue weighted by Gasteiger charge is 2.30. The first-order valence-corrected chi connectivity index (χ1v) is 7.98. The normalized spacial score (nSPS) is 21.3. The molecule has 1 fully saturated rings. The maximum Gasteiger partial charge on any atom is 0.243 e. The van der Waals surface area contributed by atoms with Gasteiger partial charge in [-0.25, -0.2) is 8.42 Å². The molecule has 0 radical (unpaired) electrons. The van der Waals surface area contributed by atoms with Crippen LogP contribution in [0.15, 0.2) is 23.1 Å². The van der Waals surface area contributed by atoms with E-state index in [-0.39, 0.29) is 17.4 Å². The minimum Gasteiger partial charge on any atom is -0.303 e. The van der Waals surface area contributed by atoms with E-state index in [1.54, 1.807) is 19.1 Å². The SMILES string of the molecule is Cc1cc(Cl)ccc1S(=O)(=O)N1CCCC(C=O)C1. The van der Waals surface area contributed by atoms with Crippen LogP contribution in [0.2, 0.25) is 5.02 Å². The van der Waals surface area contributed by atoms with Crippen molar-refractivity contribution in [2.75, 3.05) is 13.1 Å². The van der Waals surface area contributed by atoms with E-state index < -0.39 is 10.0 Å². The molecule has 1 aliphatic heterocycles. The molecule has 0 amide bonds. The van der Waals surface area contributed by atoms with Crippen LogP contribution in [0.3, 0.4) is 0 Å². The molecular weight excluding hydrogens is 286 g/mol. The molecule has 0 aliphatic carbocycles. The van der Waals surface area contributed by atoms with E-state index in [0.29, 0.717) is 17.1 Å². The molecule has 0 N–H and O–H groups in total. The zero-order valence-electron chi connectivity index (χ0n) is 10.7. The summed E-state index contributed by atoms with van der Waals surface area (Å²) in [5, 5.41) is 0.515. The number of nitrogens with zero attached hydrogens (tertiary/aromatic N) is 1. The molecule has 0 bridgehead atoms. The van der Waals surface area contributed by atoms with E-state index in [0.717, 1.165) is 19.1 Å². The number of sulfonamides is 1. The summed E-state index contributed by atoms with van der Waals surface area (Å²) in [6, 6.07) is 4.73. The highest BCUT2D eigenvalue weighted by Crippen LogP contribution is 2.26. The topological polar surface area (TPSA) is 54.5 Å². The summed E-state index contributed by atoms with van der Waals surface area (Å²) >= 11 is 5.84. The van der Waals surface area contributed by atoms with Gasteiger partial charge in [0.1, 0.15) is 6.29 Å². The summed E-state index contributed by atoms with van der Waals surface area (Å²) in [5.74, 6) is -0.198. The van der Waals surface area contributed by atoms with E-state index in [2.05, 4.69) is 0 Å². The Morgan fingerprint density at radius 1 is 1.42 bits per heavy atom. The van der Waals surface area contributed by atoms with Crippen LogP contribution >= 0.6 is 11.6 Å². The Morgan fingerprint density at radius 3 is 2.79 bits per heavy atom. The summed E-state index contributed by atoms with van der Waals surface area (Å²) in [7, 11) is -3.54. The van der Waals surface area contributed by atoms with E-state index in [9.17, 15) is 13.2 Å². The van der Waals surface area contributed by atoms with Crippen molar-refractivity contribution >= 4 is 27.9 Å². The number of hydrogen-bond donors (Lipinski definition) is 0. The van der Waals surface area contributed by atoms with Gasteiger partial charge in [-0.1, -0.05) is 11.6 Å². The van der Waals surface area contributed by atoms with Crippen molar-refractivity contribution in [2.24, 2.45) is 5.92 Å². The molecular formula is C13H16ClNO3S.